The number of thiazole rings is 1. The van der Waals surface area contributed by atoms with Gasteiger partial charge in [-0.25, -0.2) is 9.78 Å². The predicted molar refractivity (Wildman–Crippen MR) is 138 cm³/mol. The first-order valence-electron chi connectivity index (χ1n) is 10.6. The lowest BCUT2D eigenvalue weighted by Gasteiger charge is -2.53. The fourth-order valence-electron chi connectivity index (χ4n) is 3.52. The van der Waals surface area contributed by atoms with Crippen LogP contribution in [0, 0.1) is 0 Å². The van der Waals surface area contributed by atoms with Crippen molar-refractivity contribution in [3.63, 3.8) is 0 Å². The lowest BCUT2D eigenvalue weighted by molar-refractivity contribution is -0.167. The minimum absolute atomic E-state index is 0.271. The van der Waals surface area contributed by atoms with Gasteiger partial charge in [-0.2, -0.15) is 0 Å². The van der Waals surface area contributed by atoms with Gasteiger partial charge in [0.25, 0.3) is 5.91 Å². The molecule has 1 aliphatic rings. The summed E-state index contributed by atoms with van der Waals surface area (Å²) in [5.41, 5.74) is -0.446. The molecule has 1 fully saturated rings. The van der Waals surface area contributed by atoms with Crippen molar-refractivity contribution in [1.82, 2.24) is 15.2 Å². The molecule has 8 nitrogen and oxygen atoms in total. The molecule has 3 atom stereocenters. The molecule has 0 bridgehead atoms. The average molecular weight is 530 g/mol. The predicted octanol–water partition coefficient (Wildman–Crippen LogP) is 4.19. The molecule has 4 rings (SSSR count). The van der Waals surface area contributed by atoms with Crippen LogP contribution in [0.25, 0.3) is 10.2 Å². The van der Waals surface area contributed by atoms with E-state index in [0.717, 1.165) is 14.6 Å². The van der Waals surface area contributed by atoms with Crippen LogP contribution in [0.5, 0.6) is 5.75 Å². The average Bonchev–Trinajstić information content (AvgIpc) is 3.26. The van der Waals surface area contributed by atoms with E-state index in [0.29, 0.717) is 11.3 Å². The molecule has 11 heteroatoms. The van der Waals surface area contributed by atoms with E-state index in [1.54, 1.807) is 31.2 Å². The maximum absolute atomic E-state index is 13.1. The van der Waals surface area contributed by atoms with Gasteiger partial charge in [-0.3, -0.25) is 9.59 Å². The molecular formula is C24H23N3O5S3. The van der Waals surface area contributed by atoms with Gasteiger partial charge >= 0.3 is 5.97 Å². The summed E-state index contributed by atoms with van der Waals surface area (Å²) in [6, 6.07) is 15.7. The molecule has 2 amide bonds. The molecule has 0 aliphatic carbocycles. The maximum atomic E-state index is 13.1. The smallest absolute Gasteiger partial charge is 0.333 e. The molecule has 1 aromatic heterocycles. The number of fused-ring (bicyclic) bond motifs is 1. The summed E-state index contributed by atoms with van der Waals surface area (Å²) in [4.78, 5) is 43.7. The highest BCUT2D eigenvalue weighted by Crippen LogP contribution is 2.47. The molecule has 3 aromatic rings. The number of nitrogens with zero attached hydrogens (tertiary/aromatic N) is 2. The number of hydrogen-bond donors (Lipinski definition) is 2. The minimum atomic E-state index is -1.62. The molecular weight excluding hydrogens is 506 g/mol. The van der Waals surface area contributed by atoms with E-state index in [9.17, 15) is 19.5 Å². The summed E-state index contributed by atoms with van der Waals surface area (Å²) in [5, 5.41) is 12.0. The molecule has 1 aliphatic heterocycles. The number of benzene rings is 2. The first-order valence-corrected chi connectivity index (χ1v) is 13.6. The number of β-lactam (4-membered cyclic amide) rings is 1. The Morgan fingerprint density at radius 3 is 2.57 bits per heavy atom. The van der Waals surface area contributed by atoms with E-state index in [1.807, 2.05) is 30.3 Å². The van der Waals surface area contributed by atoms with Crippen molar-refractivity contribution in [2.45, 2.75) is 35.1 Å². The topological polar surface area (TPSA) is 109 Å². The molecule has 0 spiro atoms. The first-order chi connectivity index (χ1) is 16.7. The number of aromatic nitrogens is 1. The standard InChI is InChI=1S/C24H23N3O5S3/c1-14(2)24(3,22(30)31)27-20(29)19(26-18(28)13-32-15-9-5-4-6-10-15)21(27)34-35-23-25-16-11-7-8-12-17(16)33-23/h4-12,19,21H,1,13H2,2-3H3,(H,26,28)(H,30,31). The van der Waals surface area contributed by atoms with Crippen molar-refractivity contribution in [2.24, 2.45) is 0 Å². The molecule has 182 valence electrons. The molecule has 3 unspecified atom stereocenters. The van der Waals surface area contributed by atoms with E-state index >= 15 is 0 Å². The van der Waals surface area contributed by atoms with Gasteiger partial charge in [-0.15, -0.1) is 11.3 Å². The van der Waals surface area contributed by atoms with Crippen molar-refractivity contribution >= 4 is 60.9 Å². The highest BCUT2D eigenvalue weighted by atomic mass is 33.1. The van der Waals surface area contributed by atoms with Gasteiger partial charge in [0, 0.05) is 0 Å². The fraction of sp³-hybridized carbons (Fsp3) is 0.250. The number of carboxylic acid groups (broad SMARTS) is 1. The molecule has 0 radical (unpaired) electrons. The third kappa shape index (κ3) is 5.02. The number of carbonyl (C=O) groups is 3. The monoisotopic (exact) mass is 529 g/mol. The number of aliphatic carboxylic acids is 1. The molecule has 2 aromatic carbocycles. The Morgan fingerprint density at radius 1 is 1.23 bits per heavy atom. The Balaban J connectivity index is 1.51. The summed E-state index contributed by atoms with van der Waals surface area (Å²) < 4.78 is 7.27. The summed E-state index contributed by atoms with van der Waals surface area (Å²) in [6.07, 6.45) is 0. The van der Waals surface area contributed by atoms with Crippen LogP contribution in [0.3, 0.4) is 0 Å². The summed E-state index contributed by atoms with van der Waals surface area (Å²) >= 11 is 1.50. The number of carbonyl (C=O) groups excluding carboxylic acids is 2. The summed E-state index contributed by atoms with van der Waals surface area (Å²) in [7, 11) is 2.62. The van der Waals surface area contributed by atoms with Gasteiger partial charge in [0.2, 0.25) is 5.91 Å². The number of carboxylic acids is 1. The van der Waals surface area contributed by atoms with Crippen LogP contribution in [0.15, 0.2) is 71.1 Å². The lowest BCUT2D eigenvalue weighted by atomic mass is 9.87. The second-order valence-corrected chi connectivity index (χ2v) is 11.6. The van der Waals surface area contributed by atoms with E-state index in [4.69, 9.17) is 4.74 Å². The van der Waals surface area contributed by atoms with E-state index in [-0.39, 0.29) is 6.61 Å². The van der Waals surface area contributed by atoms with Gasteiger partial charge in [0.05, 0.1) is 10.2 Å². The summed E-state index contributed by atoms with van der Waals surface area (Å²) in [6.45, 7) is 6.56. The SMILES string of the molecule is C=C(C)C(C)(C(=O)O)N1C(=O)C(NC(=O)COc2ccccc2)C1SSc1nc2ccccc2s1. The molecule has 35 heavy (non-hydrogen) atoms. The third-order valence-corrected chi connectivity index (χ3v) is 9.71. The van der Waals surface area contributed by atoms with Gasteiger partial charge < -0.3 is 20.1 Å². The fourth-order valence-corrected chi connectivity index (χ4v) is 7.54. The Labute approximate surface area is 214 Å². The number of likely N-dealkylation sites (tertiary alicyclic amines) is 1. The number of nitrogens with one attached hydrogen (secondary N) is 1. The third-order valence-electron chi connectivity index (χ3n) is 5.69. The molecule has 1 saturated heterocycles. The zero-order valence-electron chi connectivity index (χ0n) is 19.0. The number of para-hydroxylation sites is 2. The number of rotatable bonds is 10. The Morgan fingerprint density at radius 2 is 1.91 bits per heavy atom. The highest BCUT2D eigenvalue weighted by molar-refractivity contribution is 8.77. The molecule has 2 heterocycles. The van der Waals surface area contributed by atoms with Gasteiger partial charge in [-0.1, -0.05) is 47.7 Å². The normalized spacial score (nSPS) is 19.0. The number of amides is 2. The zero-order valence-corrected chi connectivity index (χ0v) is 21.4. The Kier molecular flexibility index (Phi) is 7.39. The second-order valence-electron chi connectivity index (χ2n) is 8.03. The first kappa shape index (κ1) is 25.1. The van der Waals surface area contributed by atoms with Crippen LogP contribution >= 0.6 is 32.9 Å². The zero-order chi connectivity index (χ0) is 25.2. The van der Waals surface area contributed by atoms with Crippen LogP contribution < -0.4 is 10.1 Å². The Bertz CT molecular complexity index is 1230. The number of ether oxygens (including phenoxy) is 1. The van der Waals surface area contributed by atoms with Crippen LogP contribution in [0.1, 0.15) is 13.8 Å². The molecule has 2 N–H and O–H groups in total. The van der Waals surface area contributed by atoms with Gasteiger partial charge in [0.1, 0.15) is 17.2 Å². The Hall–Kier alpha value is -3.02. The highest BCUT2D eigenvalue weighted by Gasteiger charge is 2.59. The van der Waals surface area contributed by atoms with Crippen LogP contribution in [0.2, 0.25) is 0 Å². The van der Waals surface area contributed by atoms with Crippen molar-refractivity contribution < 1.29 is 24.2 Å². The minimum Gasteiger partial charge on any atom is -0.484 e. The van der Waals surface area contributed by atoms with E-state index in [2.05, 4.69) is 16.9 Å². The summed E-state index contributed by atoms with van der Waals surface area (Å²) in [5.74, 6) is -1.63. The molecule has 0 saturated carbocycles. The van der Waals surface area contributed by atoms with Crippen molar-refractivity contribution in [3.05, 3.63) is 66.7 Å². The van der Waals surface area contributed by atoms with Crippen molar-refractivity contribution in [3.8, 4) is 5.75 Å². The quantitative estimate of drug-likeness (QED) is 0.229. The van der Waals surface area contributed by atoms with Crippen LogP contribution in [0.4, 0.5) is 0 Å². The van der Waals surface area contributed by atoms with Gasteiger partial charge in [-0.05, 0) is 54.5 Å². The number of hydrogen-bond acceptors (Lipinski definition) is 8. The van der Waals surface area contributed by atoms with E-state index < -0.39 is 34.7 Å². The second kappa shape index (κ2) is 10.3. The van der Waals surface area contributed by atoms with Crippen LogP contribution in [-0.4, -0.2) is 56.3 Å². The maximum Gasteiger partial charge on any atom is 0.333 e. The lowest BCUT2D eigenvalue weighted by Crippen LogP contribution is -2.76. The largest absolute Gasteiger partial charge is 0.484 e. The van der Waals surface area contributed by atoms with Crippen molar-refractivity contribution in [2.75, 3.05) is 6.61 Å². The van der Waals surface area contributed by atoms with Crippen molar-refractivity contribution in [1.29, 1.82) is 0 Å². The van der Waals surface area contributed by atoms with Gasteiger partial charge in [0.15, 0.2) is 16.5 Å². The van der Waals surface area contributed by atoms with E-state index in [1.165, 1.54) is 44.7 Å². The van der Waals surface area contributed by atoms with Crippen LogP contribution in [-0.2, 0) is 14.4 Å².